The van der Waals surface area contributed by atoms with Gasteiger partial charge in [-0.3, -0.25) is 9.10 Å². The Morgan fingerprint density at radius 1 is 1.11 bits per heavy atom. The van der Waals surface area contributed by atoms with Gasteiger partial charge in [0.2, 0.25) is 15.9 Å². The van der Waals surface area contributed by atoms with E-state index in [2.05, 4.69) is 29.6 Å². The number of amides is 1. The molecule has 2 rings (SSSR count). The maximum absolute atomic E-state index is 12.3. The van der Waals surface area contributed by atoms with Crippen LogP contribution in [0.5, 0.6) is 5.75 Å². The first kappa shape index (κ1) is 20.8. The number of carbonyl (C=O) groups is 1. The predicted octanol–water partition coefficient (Wildman–Crippen LogP) is 2.52. The first-order chi connectivity index (χ1) is 12.8. The van der Waals surface area contributed by atoms with Crippen molar-refractivity contribution in [2.75, 3.05) is 30.8 Å². The van der Waals surface area contributed by atoms with Crippen molar-refractivity contribution < 1.29 is 17.9 Å². The molecule has 0 bridgehead atoms. The molecule has 1 amide bonds. The molecule has 0 atom stereocenters. The van der Waals surface area contributed by atoms with Crippen LogP contribution in [0.25, 0.3) is 0 Å². The highest BCUT2D eigenvalue weighted by atomic mass is 32.2. The number of aryl methyl sites for hydroxylation is 2. The molecule has 0 heterocycles. The average molecular weight is 391 g/mol. The normalized spacial score (nSPS) is 11.1. The number of hydrogen-bond donors (Lipinski definition) is 1. The van der Waals surface area contributed by atoms with Crippen molar-refractivity contribution in [2.24, 2.45) is 0 Å². The molecule has 0 spiro atoms. The Bertz CT molecular complexity index is 864. The van der Waals surface area contributed by atoms with E-state index in [1.807, 2.05) is 6.92 Å². The number of rotatable bonds is 9. The molecule has 1 N–H and O–H groups in total. The number of hydrogen-bond acceptors (Lipinski definition) is 4. The fraction of sp³-hybridized carbons (Fsp3) is 0.350. The molecule has 6 nitrogen and oxygen atoms in total. The molecule has 146 valence electrons. The monoisotopic (exact) mass is 390 g/mol. The van der Waals surface area contributed by atoms with Crippen LogP contribution in [0, 0.1) is 6.92 Å². The first-order valence-corrected chi connectivity index (χ1v) is 10.6. The van der Waals surface area contributed by atoms with Crippen LogP contribution in [-0.4, -0.2) is 40.8 Å². The summed E-state index contributed by atoms with van der Waals surface area (Å²) in [6.45, 7) is 2.24. The van der Waals surface area contributed by atoms with E-state index >= 15 is 0 Å². The van der Waals surface area contributed by atoms with Gasteiger partial charge in [0.15, 0.2) is 0 Å². The van der Waals surface area contributed by atoms with Crippen LogP contribution in [0.2, 0.25) is 0 Å². The van der Waals surface area contributed by atoms with E-state index in [9.17, 15) is 13.2 Å². The lowest BCUT2D eigenvalue weighted by molar-refractivity contribution is -0.119. The summed E-state index contributed by atoms with van der Waals surface area (Å²) in [4.78, 5) is 12.3. The third kappa shape index (κ3) is 6.29. The first-order valence-electron chi connectivity index (χ1n) is 8.74. The lowest BCUT2D eigenvalue weighted by Crippen LogP contribution is -2.40. The Morgan fingerprint density at radius 3 is 2.41 bits per heavy atom. The number of methoxy groups -OCH3 is 1. The zero-order valence-electron chi connectivity index (χ0n) is 15.9. The van der Waals surface area contributed by atoms with Crippen molar-refractivity contribution in [1.29, 1.82) is 0 Å². The summed E-state index contributed by atoms with van der Waals surface area (Å²) in [5, 5.41) is 2.79. The van der Waals surface area contributed by atoms with Crippen molar-refractivity contribution in [1.82, 2.24) is 5.32 Å². The van der Waals surface area contributed by atoms with E-state index < -0.39 is 10.0 Å². The zero-order valence-corrected chi connectivity index (χ0v) is 16.8. The largest absolute Gasteiger partial charge is 0.495 e. The van der Waals surface area contributed by atoms with E-state index in [0.29, 0.717) is 18.0 Å². The molecule has 7 heteroatoms. The number of nitrogens with one attached hydrogen (secondary N) is 1. The Kier molecular flexibility index (Phi) is 7.24. The molecular formula is C20H26N2O4S. The highest BCUT2D eigenvalue weighted by Crippen LogP contribution is 2.29. The molecule has 0 saturated heterocycles. The molecule has 0 aliphatic carbocycles. The van der Waals surface area contributed by atoms with Crippen LogP contribution in [0.15, 0.2) is 48.5 Å². The molecule has 0 aliphatic heterocycles. The highest BCUT2D eigenvalue weighted by molar-refractivity contribution is 7.92. The number of carbonyl (C=O) groups excluding carboxylic acids is 1. The van der Waals surface area contributed by atoms with Gasteiger partial charge >= 0.3 is 0 Å². The molecule has 0 fully saturated rings. The van der Waals surface area contributed by atoms with Crippen LogP contribution < -0.4 is 14.4 Å². The Balaban J connectivity index is 1.93. The SMILES string of the molecule is COc1ccccc1N(CC(=O)NCCCc1ccc(C)cc1)S(C)(=O)=O. The van der Waals surface area contributed by atoms with Crippen molar-refractivity contribution in [2.45, 2.75) is 19.8 Å². The van der Waals surface area contributed by atoms with Gasteiger partial charge in [-0.25, -0.2) is 8.42 Å². The Labute approximate surface area is 161 Å². The number of sulfonamides is 1. The fourth-order valence-electron chi connectivity index (χ4n) is 2.68. The van der Waals surface area contributed by atoms with Gasteiger partial charge in [-0.05, 0) is 37.5 Å². The number of nitrogens with zero attached hydrogens (tertiary/aromatic N) is 1. The molecular weight excluding hydrogens is 364 g/mol. The maximum Gasteiger partial charge on any atom is 0.240 e. The van der Waals surface area contributed by atoms with Crippen molar-refractivity contribution >= 4 is 21.6 Å². The average Bonchev–Trinajstić information content (AvgIpc) is 2.64. The third-order valence-corrected chi connectivity index (χ3v) is 5.25. The quantitative estimate of drug-likeness (QED) is 0.668. The summed E-state index contributed by atoms with van der Waals surface area (Å²) in [7, 11) is -2.17. The second-order valence-electron chi connectivity index (χ2n) is 6.38. The van der Waals surface area contributed by atoms with Crippen LogP contribution in [0.3, 0.4) is 0 Å². The molecule has 0 unspecified atom stereocenters. The molecule has 27 heavy (non-hydrogen) atoms. The highest BCUT2D eigenvalue weighted by Gasteiger charge is 2.23. The predicted molar refractivity (Wildman–Crippen MR) is 108 cm³/mol. The summed E-state index contributed by atoms with van der Waals surface area (Å²) in [6, 6.07) is 15.0. The minimum absolute atomic E-state index is 0.288. The van der Waals surface area contributed by atoms with Crippen LogP contribution in [-0.2, 0) is 21.2 Å². The number of anilines is 1. The van der Waals surface area contributed by atoms with E-state index in [0.717, 1.165) is 23.4 Å². The number of benzene rings is 2. The van der Waals surface area contributed by atoms with Crippen molar-refractivity contribution in [3.8, 4) is 5.75 Å². The lowest BCUT2D eigenvalue weighted by Gasteiger charge is -2.23. The molecule has 0 aliphatic rings. The molecule has 0 aromatic heterocycles. The smallest absolute Gasteiger partial charge is 0.240 e. The fourth-order valence-corrected chi connectivity index (χ4v) is 3.54. The van der Waals surface area contributed by atoms with Gasteiger partial charge in [-0.2, -0.15) is 0 Å². The second-order valence-corrected chi connectivity index (χ2v) is 8.29. The summed E-state index contributed by atoms with van der Waals surface area (Å²) in [5.74, 6) is 0.0466. The van der Waals surface area contributed by atoms with Gasteiger partial charge in [0.05, 0.1) is 19.1 Å². The minimum Gasteiger partial charge on any atom is -0.495 e. The van der Waals surface area contributed by atoms with E-state index in [1.165, 1.54) is 18.2 Å². The maximum atomic E-state index is 12.3. The number of para-hydroxylation sites is 2. The van der Waals surface area contributed by atoms with Crippen LogP contribution in [0.1, 0.15) is 17.5 Å². The van der Waals surface area contributed by atoms with Gasteiger partial charge in [-0.1, -0.05) is 42.0 Å². The summed E-state index contributed by atoms with van der Waals surface area (Å²) >= 11 is 0. The van der Waals surface area contributed by atoms with Gasteiger partial charge in [-0.15, -0.1) is 0 Å². The van der Waals surface area contributed by atoms with Gasteiger partial charge in [0, 0.05) is 6.54 Å². The van der Waals surface area contributed by atoms with E-state index in [1.54, 1.807) is 24.3 Å². The molecule has 2 aromatic rings. The molecule has 2 aromatic carbocycles. The van der Waals surface area contributed by atoms with Gasteiger partial charge in [0.25, 0.3) is 0 Å². The Morgan fingerprint density at radius 2 is 1.78 bits per heavy atom. The number of ether oxygens (including phenoxy) is 1. The molecule has 0 radical (unpaired) electrons. The van der Waals surface area contributed by atoms with Crippen molar-refractivity contribution in [3.63, 3.8) is 0 Å². The summed E-state index contributed by atoms with van der Waals surface area (Å²) in [6.07, 6.45) is 2.70. The summed E-state index contributed by atoms with van der Waals surface area (Å²) < 4.78 is 30.6. The van der Waals surface area contributed by atoms with Crippen LogP contribution >= 0.6 is 0 Å². The minimum atomic E-state index is -3.63. The molecule has 0 saturated carbocycles. The van der Waals surface area contributed by atoms with Gasteiger partial charge < -0.3 is 10.1 Å². The van der Waals surface area contributed by atoms with E-state index in [-0.39, 0.29) is 12.5 Å². The standard InChI is InChI=1S/C20H26N2O4S/c1-16-10-12-17(13-11-16)7-6-14-21-20(23)15-22(27(3,24)25)18-8-4-5-9-19(18)26-2/h4-5,8-13H,6-7,14-15H2,1-3H3,(H,21,23). The van der Waals surface area contributed by atoms with Crippen molar-refractivity contribution in [3.05, 3.63) is 59.7 Å². The third-order valence-electron chi connectivity index (χ3n) is 4.13. The summed E-state index contributed by atoms with van der Waals surface area (Å²) in [5.41, 5.74) is 2.77. The lowest BCUT2D eigenvalue weighted by atomic mass is 10.1. The Hall–Kier alpha value is -2.54. The van der Waals surface area contributed by atoms with Gasteiger partial charge in [0.1, 0.15) is 12.3 Å². The topological polar surface area (TPSA) is 75.7 Å². The van der Waals surface area contributed by atoms with Crippen LogP contribution in [0.4, 0.5) is 5.69 Å². The van der Waals surface area contributed by atoms with E-state index in [4.69, 9.17) is 4.74 Å². The second kappa shape index (κ2) is 9.41. The zero-order chi connectivity index (χ0) is 19.9.